The van der Waals surface area contributed by atoms with Gasteiger partial charge in [0, 0.05) is 0 Å². The monoisotopic (exact) mass is 454 g/mol. The predicted octanol–water partition coefficient (Wildman–Crippen LogP) is 2.19. The molecule has 0 amide bonds. The first-order valence-electron chi connectivity index (χ1n) is 9.34. The van der Waals surface area contributed by atoms with Crippen LogP contribution in [0.1, 0.15) is 39.5 Å². The fraction of sp³-hybridized carbons (Fsp3) is 1.00. The Morgan fingerprint density at radius 1 is 0.643 bits per heavy atom. The maximum absolute atomic E-state index is 10.2. The zero-order chi connectivity index (χ0) is 23.1. The van der Waals surface area contributed by atoms with Gasteiger partial charge in [-0.25, -0.2) is 9.13 Å². The lowest BCUT2D eigenvalue weighted by Gasteiger charge is -2.23. The summed E-state index contributed by atoms with van der Waals surface area (Å²) in [6, 6.07) is 0. The van der Waals surface area contributed by atoms with Crippen LogP contribution in [0.25, 0.3) is 0 Å². The molecule has 0 atom stereocenters. The van der Waals surface area contributed by atoms with Crippen LogP contribution < -0.4 is 0 Å². The Balaban J connectivity index is -0.000000351. The molecule has 0 unspecified atom stereocenters. The van der Waals surface area contributed by atoms with Crippen molar-refractivity contribution in [3.05, 3.63) is 0 Å². The van der Waals surface area contributed by atoms with Crippen molar-refractivity contribution in [2.75, 3.05) is 68.6 Å². The number of quaternary nitrogens is 2. The van der Waals surface area contributed by atoms with E-state index in [4.69, 9.17) is 19.6 Å². The summed E-state index contributed by atoms with van der Waals surface area (Å²) < 4.78 is 30.1. The summed E-state index contributed by atoms with van der Waals surface area (Å²) in [5.41, 5.74) is 0. The lowest BCUT2D eigenvalue weighted by molar-refractivity contribution is -0.870. The third kappa shape index (κ3) is 45.1. The van der Waals surface area contributed by atoms with E-state index in [0.29, 0.717) is 22.1 Å². The second kappa shape index (κ2) is 15.9. The Kier molecular flexibility index (Phi) is 18.6. The van der Waals surface area contributed by atoms with Crippen LogP contribution in [0.5, 0.6) is 0 Å². The molecule has 174 valence electrons. The second-order valence-corrected chi connectivity index (χ2v) is 10.9. The third-order valence-electron chi connectivity index (χ3n) is 3.00. The van der Waals surface area contributed by atoms with E-state index in [-0.39, 0.29) is 13.2 Å². The Labute approximate surface area is 171 Å². The fourth-order valence-corrected chi connectivity index (χ4v) is 2.01. The molecule has 0 bridgehead atoms. The minimum absolute atomic E-state index is 0.0772. The van der Waals surface area contributed by atoms with Crippen LogP contribution >= 0.6 is 15.6 Å². The van der Waals surface area contributed by atoms with Gasteiger partial charge in [-0.15, -0.1) is 0 Å². The molecule has 0 aliphatic carbocycles. The van der Waals surface area contributed by atoms with Crippen LogP contribution in [-0.2, 0) is 18.2 Å². The first-order chi connectivity index (χ1) is 12.3. The number of hydrogen-bond acceptors (Lipinski definition) is 4. The molecule has 0 aromatic carbocycles. The third-order valence-corrected chi connectivity index (χ3v) is 4.04. The van der Waals surface area contributed by atoms with Gasteiger partial charge in [0.2, 0.25) is 0 Å². The average molecular weight is 454 g/mol. The highest BCUT2D eigenvalue weighted by Gasteiger charge is 2.16. The number of likely N-dealkylation sites (N-methyl/N-ethyl adjacent to an activating group) is 2. The number of hydrogen-bond donors (Lipinski definition) is 4. The smallest absolute Gasteiger partial charge is 0.329 e. The molecule has 0 spiro atoms. The van der Waals surface area contributed by atoms with Crippen LogP contribution in [-0.4, -0.2) is 97.1 Å². The SMILES string of the molecule is CCCCCC.C[N+](C)(C)CCOP(=O)(O)O.C[N+](C)(C)CCOP(=O)(O)O. The van der Waals surface area contributed by atoms with Crippen molar-refractivity contribution < 1.29 is 46.7 Å². The van der Waals surface area contributed by atoms with Crippen LogP contribution in [0.3, 0.4) is 0 Å². The van der Waals surface area contributed by atoms with Crippen LogP contribution in [0, 0.1) is 0 Å². The Hall–Kier alpha value is 0.140. The summed E-state index contributed by atoms with van der Waals surface area (Å²) in [4.78, 5) is 33.2. The molecule has 0 aliphatic heterocycles. The molecule has 0 aromatic rings. The molecule has 10 nitrogen and oxygen atoms in total. The van der Waals surface area contributed by atoms with Crippen molar-refractivity contribution in [1.82, 2.24) is 0 Å². The highest BCUT2D eigenvalue weighted by Crippen LogP contribution is 2.35. The molecule has 0 rings (SSSR count). The molecular formula is C16H44N2O8P2+2. The van der Waals surface area contributed by atoms with Gasteiger partial charge in [-0.3, -0.25) is 9.05 Å². The lowest BCUT2D eigenvalue weighted by Crippen LogP contribution is -2.37. The van der Waals surface area contributed by atoms with Crippen molar-refractivity contribution in [3.8, 4) is 0 Å². The minimum atomic E-state index is -4.26. The maximum Gasteiger partial charge on any atom is 0.469 e. The molecule has 0 aliphatic rings. The fourth-order valence-electron chi connectivity index (χ4n) is 1.37. The second-order valence-electron chi connectivity index (χ2n) is 8.38. The minimum Gasteiger partial charge on any atom is -0.329 e. The predicted molar refractivity (Wildman–Crippen MR) is 112 cm³/mol. The number of unbranched alkanes of at least 4 members (excludes halogenated alkanes) is 3. The van der Waals surface area contributed by atoms with E-state index in [1.807, 2.05) is 42.3 Å². The summed E-state index contributed by atoms with van der Waals surface area (Å²) in [5.74, 6) is 0. The molecular weight excluding hydrogens is 410 g/mol. The van der Waals surface area contributed by atoms with Crippen molar-refractivity contribution in [1.29, 1.82) is 0 Å². The first-order valence-corrected chi connectivity index (χ1v) is 12.4. The summed E-state index contributed by atoms with van der Waals surface area (Å²) in [5, 5.41) is 0. The zero-order valence-electron chi connectivity index (χ0n) is 18.9. The van der Waals surface area contributed by atoms with Crippen LogP contribution in [0.4, 0.5) is 0 Å². The van der Waals surface area contributed by atoms with Gasteiger partial charge in [-0.05, 0) is 0 Å². The lowest BCUT2D eigenvalue weighted by atomic mass is 10.2. The van der Waals surface area contributed by atoms with Crippen molar-refractivity contribution in [2.24, 2.45) is 0 Å². The molecule has 12 heteroatoms. The molecule has 4 N–H and O–H groups in total. The van der Waals surface area contributed by atoms with E-state index in [1.165, 1.54) is 25.7 Å². The van der Waals surface area contributed by atoms with Gasteiger partial charge >= 0.3 is 15.6 Å². The van der Waals surface area contributed by atoms with Crippen molar-refractivity contribution in [3.63, 3.8) is 0 Å². The number of nitrogens with zero attached hydrogens (tertiary/aromatic N) is 2. The maximum atomic E-state index is 10.2. The highest BCUT2D eigenvalue weighted by molar-refractivity contribution is 7.46. The van der Waals surface area contributed by atoms with Gasteiger partial charge < -0.3 is 28.5 Å². The van der Waals surface area contributed by atoms with Crippen molar-refractivity contribution >= 4 is 15.6 Å². The largest absolute Gasteiger partial charge is 0.469 e. The Morgan fingerprint density at radius 2 is 0.893 bits per heavy atom. The quantitative estimate of drug-likeness (QED) is 0.212. The molecule has 28 heavy (non-hydrogen) atoms. The van der Waals surface area contributed by atoms with Crippen LogP contribution in [0.2, 0.25) is 0 Å². The van der Waals surface area contributed by atoms with E-state index in [2.05, 4.69) is 22.9 Å². The van der Waals surface area contributed by atoms with Gasteiger partial charge in [-0.2, -0.15) is 0 Å². The topological polar surface area (TPSA) is 134 Å². The Bertz CT molecular complexity index is 411. The average Bonchev–Trinajstić information content (AvgIpc) is 2.40. The first kappa shape index (κ1) is 32.8. The standard InChI is InChI=1S/C6H14.2C5H14NO4P/c1-3-5-6-4-2;2*1-6(2,3)4-5-10-11(7,8)9/h3-6H2,1-2H3;2*4-5H2,1-3H3,(H-,7,8,9)/p+2. The van der Waals surface area contributed by atoms with Gasteiger partial charge in [0.25, 0.3) is 0 Å². The summed E-state index contributed by atoms with van der Waals surface area (Å²) in [6.07, 6.45) is 5.54. The van der Waals surface area contributed by atoms with Crippen molar-refractivity contribution in [2.45, 2.75) is 39.5 Å². The Morgan fingerprint density at radius 3 is 1.04 bits per heavy atom. The summed E-state index contributed by atoms with van der Waals surface area (Å²) in [7, 11) is 2.99. The molecule has 0 heterocycles. The number of phosphoric ester groups is 2. The summed E-state index contributed by atoms with van der Waals surface area (Å²) in [6.45, 7) is 5.77. The summed E-state index contributed by atoms with van der Waals surface area (Å²) >= 11 is 0. The van der Waals surface area contributed by atoms with E-state index < -0.39 is 15.6 Å². The molecule has 0 aromatic heterocycles. The molecule has 0 saturated carbocycles. The number of phosphoric acid groups is 2. The zero-order valence-corrected chi connectivity index (χ0v) is 20.7. The van der Waals surface area contributed by atoms with Crippen LogP contribution in [0.15, 0.2) is 0 Å². The molecule has 0 saturated heterocycles. The van der Waals surface area contributed by atoms with E-state index in [1.54, 1.807) is 0 Å². The van der Waals surface area contributed by atoms with Gasteiger partial charge in [0.1, 0.15) is 26.3 Å². The van der Waals surface area contributed by atoms with E-state index >= 15 is 0 Å². The van der Waals surface area contributed by atoms with E-state index in [0.717, 1.165) is 0 Å². The van der Waals surface area contributed by atoms with Gasteiger partial charge in [0.05, 0.1) is 42.3 Å². The normalized spacial score (nSPS) is 12.6. The highest BCUT2D eigenvalue weighted by atomic mass is 31.2. The van der Waals surface area contributed by atoms with Gasteiger partial charge in [0.15, 0.2) is 0 Å². The van der Waals surface area contributed by atoms with Gasteiger partial charge in [-0.1, -0.05) is 39.5 Å². The van der Waals surface area contributed by atoms with E-state index in [9.17, 15) is 9.13 Å². The molecule has 0 fully saturated rings. The molecule has 0 radical (unpaired) electrons. The number of rotatable bonds is 11.